The van der Waals surface area contributed by atoms with E-state index in [9.17, 15) is 5.11 Å². The molecule has 0 saturated heterocycles. The van der Waals surface area contributed by atoms with Gasteiger partial charge in [0.2, 0.25) is 0 Å². The largest absolute Gasteiger partial charge is 0.508 e. The maximum absolute atomic E-state index is 9.79. The van der Waals surface area contributed by atoms with Crippen molar-refractivity contribution in [1.82, 2.24) is 5.32 Å². The van der Waals surface area contributed by atoms with Crippen molar-refractivity contribution in [3.8, 4) is 11.5 Å². The monoisotopic (exact) mass is 193 g/mol. The maximum atomic E-state index is 9.79. The van der Waals surface area contributed by atoms with E-state index in [4.69, 9.17) is 4.74 Å². The Balaban J connectivity index is 2.43. The van der Waals surface area contributed by atoms with Gasteiger partial charge in [0.1, 0.15) is 11.5 Å². The van der Waals surface area contributed by atoms with E-state index in [1.54, 1.807) is 13.2 Å². The first-order chi connectivity index (χ1) is 6.81. The van der Waals surface area contributed by atoms with Gasteiger partial charge >= 0.3 is 0 Å². The predicted octanol–water partition coefficient (Wildman–Crippen LogP) is 1.09. The number of rotatable bonds is 1. The third-order valence-electron chi connectivity index (χ3n) is 2.65. The van der Waals surface area contributed by atoms with E-state index >= 15 is 0 Å². The minimum Gasteiger partial charge on any atom is -0.508 e. The molecule has 3 nitrogen and oxygen atoms in total. The van der Waals surface area contributed by atoms with Gasteiger partial charge in [0, 0.05) is 6.07 Å². The molecule has 0 fully saturated rings. The molecular weight excluding hydrogens is 178 g/mol. The van der Waals surface area contributed by atoms with Crippen LogP contribution in [0, 0.1) is 0 Å². The number of benzene rings is 1. The lowest BCUT2D eigenvalue weighted by atomic mass is 10.0. The quantitative estimate of drug-likeness (QED) is 0.701. The van der Waals surface area contributed by atoms with Crippen molar-refractivity contribution in [2.75, 3.05) is 20.2 Å². The Bertz CT molecular complexity index is 336. The molecule has 1 aromatic carbocycles. The van der Waals surface area contributed by atoms with E-state index in [0.717, 1.165) is 37.2 Å². The number of hydrogen-bond acceptors (Lipinski definition) is 3. The molecule has 14 heavy (non-hydrogen) atoms. The van der Waals surface area contributed by atoms with Crippen molar-refractivity contribution in [3.63, 3.8) is 0 Å². The summed E-state index contributed by atoms with van der Waals surface area (Å²) in [6, 6.07) is 3.70. The van der Waals surface area contributed by atoms with Crippen LogP contribution < -0.4 is 10.1 Å². The Morgan fingerprint density at radius 1 is 1.29 bits per heavy atom. The zero-order valence-corrected chi connectivity index (χ0v) is 8.34. The first-order valence-corrected chi connectivity index (χ1v) is 4.90. The molecule has 76 valence electrons. The van der Waals surface area contributed by atoms with Crippen molar-refractivity contribution in [1.29, 1.82) is 0 Å². The Labute approximate surface area is 83.7 Å². The third-order valence-corrected chi connectivity index (χ3v) is 2.65. The Hall–Kier alpha value is -1.22. The molecule has 0 radical (unpaired) electrons. The van der Waals surface area contributed by atoms with Gasteiger partial charge in [-0.05, 0) is 43.1 Å². The van der Waals surface area contributed by atoms with Gasteiger partial charge in [-0.3, -0.25) is 0 Å². The van der Waals surface area contributed by atoms with Crippen molar-refractivity contribution < 1.29 is 9.84 Å². The molecule has 1 aliphatic heterocycles. The summed E-state index contributed by atoms with van der Waals surface area (Å²) in [7, 11) is 1.62. The van der Waals surface area contributed by atoms with Crippen LogP contribution in [0.4, 0.5) is 0 Å². The van der Waals surface area contributed by atoms with Crippen molar-refractivity contribution >= 4 is 0 Å². The maximum Gasteiger partial charge on any atom is 0.122 e. The third kappa shape index (κ3) is 1.68. The van der Waals surface area contributed by atoms with Gasteiger partial charge in [-0.25, -0.2) is 0 Å². The van der Waals surface area contributed by atoms with Gasteiger partial charge in [0.15, 0.2) is 0 Å². The summed E-state index contributed by atoms with van der Waals surface area (Å²) >= 11 is 0. The second kappa shape index (κ2) is 3.88. The normalized spacial score (nSPS) is 15.8. The second-order valence-electron chi connectivity index (χ2n) is 3.53. The summed E-state index contributed by atoms with van der Waals surface area (Å²) in [6.45, 7) is 1.91. The molecule has 1 aliphatic rings. The molecule has 0 unspecified atom stereocenters. The molecule has 3 heteroatoms. The van der Waals surface area contributed by atoms with E-state index in [0.29, 0.717) is 5.75 Å². The number of hydrogen-bond donors (Lipinski definition) is 2. The van der Waals surface area contributed by atoms with Gasteiger partial charge < -0.3 is 15.2 Å². The molecule has 0 bridgehead atoms. The smallest absolute Gasteiger partial charge is 0.122 e. The molecule has 0 amide bonds. The van der Waals surface area contributed by atoms with Gasteiger partial charge in [-0.1, -0.05) is 0 Å². The molecule has 2 rings (SSSR count). The first-order valence-electron chi connectivity index (χ1n) is 4.90. The SMILES string of the molecule is COc1cc(O)c2c(c1)CCNCC2. The van der Waals surface area contributed by atoms with Crippen LogP contribution in [-0.4, -0.2) is 25.3 Å². The fourth-order valence-corrected chi connectivity index (χ4v) is 1.88. The Morgan fingerprint density at radius 2 is 2.07 bits per heavy atom. The molecule has 0 atom stereocenters. The molecule has 2 N–H and O–H groups in total. The molecule has 0 aromatic heterocycles. The van der Waals surface area contributed by atoms with Crippen LogP contribution >= 0.6 is 0 Å². The minimum absolute atomic E-state index is 0.364. The van der Waals surface area contributed by atoms with Crippen molar-refractivity contribution in [2.45, 2.75) is 12.8 Å². The average Bonchev–Trinajstić information content (AvgIpc) is 2.42. The van der Waals surface area contributed by atoms with Gasteiger partial charge in [-0.15, -0.1) is 0 Å². The molecule has 0 aliphatic carbocycles. The highest BCUT2D eigenvalue weighted by atomic mass is 16.5. The van der Waals surface area contributed by atoms with E-state index in [1.165, 1.54) is 5.56 Å². The van der Waals surface area contributed by atoms with Gasteiger partial charge in [0.05, 0.1) is 7.11 Å². The van der Waals surface area contributed by atoms with Crippen LogP contribution in [-0.2, 0) is 12.8 Å². The molecule has 0 spiro atoms. The summed E-state index contributed by atoms with van der Waals surface area (Å²) in [6.07, 6.45) is 1.85. The fraction of sp³-hybridized carbons (Fsp3) is 0.455. The highest BCUT2D eigenvalue weighted by Gasteiger charge is 2.12. The van der Waals surface area contributed by atoms with Crippen LogP contribution in [0.5, 0.6) is 11.5 Å². The standard InChI is InChI=1S/C11H15NO2/c1-14-9-6-8-2-4-12-5-3-10(8)11(13)7-9/h6-7,12-13H,2-5H2,1H3. The molecular formula is C11H15NO2. The summed E-state index contributed by atoms with van der Waals surface area (Å²) in [5.41, 5.74) is 2.27. The van der Waals surface area contributed by atoms with E-state index in [1.807, 2.05) is 6.07 Å². The van der Waals surface area contributed by atoms with Crippen LogP contribution in [0.15, 0.2) is 12.1 Å². The van der Waals surface area contributed by atoms with E-state index in [-0.39, 0.29) is 0 Å². The summed E-state index contributed by atoms with van der Waals surface area (Å²) in [4.78, 5) is 0. The van der Waals surface area contributed by atoms with Crippen LogP contribution in [0.3, 0.4) is 0 Å². The lowest BCUT2D eigenvalue weighted by Gasteiger charge is -2.10. The number of phenolic OH excluding ortho intramolecular Hbond substituents is 1. The second-order valence-corrected chi connectivity index (χ2v) is 3.53. The Kier molecular flexibility index (Phi) is 2.59. The lowest BCUT2D eigenvalue weighted by molar-refractivity contribution is 0.405. The molecule has 1 heterocycles. The predicted molar refractivity (Wildman–Crippen MR) is 54.9 cm³/mol. The number of ether oxygens (including phenoxy) is 1. The van der Waals surface area contributed by atoms with E-state index < -0.39 is 0 Å². The lowest BCUT2D eigenvalue weighted by Crippen LogP contribution is -2.16. The van der Waals surface area contributed by atoms with Gasteiger partial charge in [0.25, 0.3) is 0 Å². The summed E-state index contributed by atoms with van der Waals surface area (Å²) in [5, 5.41) is 13.1. The number of fused-ring (bicyclic) bond motifs is 1. The molecule has 0 saturated carbocycles. The number of nitrogens with one attached hydrogen (secondary N) is 1. The van der Waals surface area contributed by atoms with Gasteiger partial charge in [-0.2, -0.15) is 0 Å². The molecule has 1 aromatic rings. The highest BCUT2D eigenvalue weighted by molar-refractivity contribution is 5.46. The fourth-order valence-electron chi connectivity index (χ4n) is 1.88. The minimum atomic E-state index is 0.364. The van der Waals surface area contributed by atoms with E-state index in [2.05, 4.69) is 5.32 Å². The van der Waals surface area contributed by atoms with Crippen molar-refractivity contribution in [2.24, 2.45) is 0 Å². The van der Waals surface area contributed by atoms with Crippen molar-refractivity contribution in [3.05, 3.63) is 23.3 Å². The summed E-state index contributed by atoms with van der Waals surface area (Å²) < 4.78 is 5.12. The van der Waals surface area contributed by atoms with Crippen LogP contribution in [0.1, 0.15) is 11.1 Å². The summed E-state index contributed by atoms with van der Waals surface area (Å²) in [5.74, 6) is 1.10. The number of methoxy groups -OCH3 is 1. The topological polar surface area (TPSA) is 41.5 Å². The zero-order chi connectivity index (χ0) is 9.97. The van der Waals surface area contributed by atoms with Crippen LogP contribution in [0.2, 0.25) is 0 Å². The Morgan fingerprint density at radius 3 is 2.86 bits per heavy atom. The highest BCUT2D eigenvalue weighted by Crippen LogP contribution is 2.29. The average molecular weight is 193 g/mol. The van der Waals surface area contributed by atoms with Crippen LogP contribution in [0.25, 0.3) is 0 Å². The number of phenols is 1. The first kappa shape index (κ1) is 9.34. The zero-order valence-electron chi connectivity index (χ0n) is 8.34. The number of aromatic hydroxyl groups is 1.